The number of aryl methyl sites for hydroxylation is 1. The molecule has 18 heavy (non-hydrogen) atoms. The van der Waals surface area contributed by atoms with Gasteiger partial charge in [-0.05, 0) is 38.1 Å². The Morgan fingerprint density at radius 1 is 1.50 bits per heavy atom. The van der Waals surface area contributed by atoms with E-state index in [9.17, 15) is 0 Å². The molecule has 1 aromatic rings. The van der Waals surface area contributed by atoms with Crippen LogP contribution in [0.25, 0.3) is 0 Å². The SMILES string of the molecule is CNC(Cc1csc(C)n1)C1CCCCC1(C)C. The summed E-state index contributed by atoms with van der Waals surface area (Å²) in [5.41, 5.74) is 1.73. The van der Waals surface area contributed by atoms with Gasteiger partial charge in [0.15, 0.2) is 0 Å². The van der Waals surface area contributed by atoms with E-state index in [4.69, 9.17) is 0 Å². The Balaban J connectivity index is 2.07. The lowest BCUT2D eigenvalue weighted by Crippen LogP contribution is -2.44. The first kappa shape index (κ1) is 14.0. The molecule has 1 aliphatic rings. The van der Waals surface area contributed by atoms with Gasteiger partial charge in [-0.1, -0.05) is 26.7 Å². The molecule has 1 saturated carbocycles. The van der Waals surface area contributed by atoms with Crippen LogP contribution in [0.3, 0.4) is 0 Å². The minimum absolute atomic E-state index is 0.469. The van der Waals surface area contributed by atoms with Crippen molar-refractivity contribution in [3.63, 3.8) is 0 Å². The highest BCUT2D eigenvalue weighted by Gasteiger charge is 2.37. The standard InChI is InChI=1S/C15H26N2S/c1-11-17-12(10-18-11)9-14(16-4)13-7-5-6-8-15(13,2)3/h10,13-14,16H,5-9H2,1-4H3. The number of likely N-dealkylation sites (N-methyl/N-ethyl adjacent to an activating group) is 1. The maximum atomic E-state index is 4.62. The first-order valence-electron chi connectivity index (χ1n) is 7.11. The molecule has 0 spiro atoms. The second-order valence-electron chi connectivity index (χ2n) is 6.30. The average Bonchev–Trinajstić information content (AvgIpc) is 2.72. The van der Waals surface area contributed by atoms with E-state index in [-0.39, 0.29) is 0 Å². The highest BCUT2D eigenvalue weighted by molar-refractivity contribution is 7.09. The predicted octanol–water partition coefficient (Wildman–Crippen LogP) is 3.80. The van der Waals surface area contributed by atoms with E-state index in [0.29, 0.717) is 11.5 Å². The van der Waals surface area contributed by atoms with E-state index in [1.807, 2.05) is 0 Å². The minimum atomic E-state index is 0.469. The van der Waals surface area contributed by atoms with E-state index in [2.05, 4.69) is 43.5 Å². The van der Waals surface area contributed by atoms with Crippen LogP contribution in [0.2, 0.25) is 0 Å². The molecule has 2 unspecified atom stereocenters. The van der Waals surface area contributed by atoms with Crippen LogP contribution in [0.5, 0.6) is 0 Å². The summed E-state index contributed by atoms with van der Waals surface area (Å²) < 4.78 is 0. The van der Waals surface area contributed by atoms with Crippen molar-refractivity contribution in [3.8, 4) is 0 Å². The van der Waals surface area contributed by atoms with E-state index in [1.54, 1.807) is 11.3 Å². The molecule has 0 radical (unpaired) electrons. The number of hydrogen-bond donors (Lipinski definition) is 1. The van der Waals surface area contributed by atoms with Crippen molar-refractivity contribution in [2.75, 3.05) is 7.05 Å². The van der Waals surface area contributed by atoms with Crippen LogP contribution in [0, 0.1) is 18.3 Å². The molecule has 2 nitrogen and oxygen atoms in total. The van der Waals surface area contributed by atoms with Crippen LogP contribution < -0.4 is 5.32 Å². The second-order valence-corrected chi connectivity index (χ2v) is 7.36. The summed E-state index contributed by atoms with van der Waals surface area (Å²) >= 11 is 1.76. The monoisotopic (exact) mass is 266 g/mol. The fraction of sp³-hybridized carbons (Fsp3) is 0.800. The van der Waals surface area contributed by atoms with Gasteiger partial charge in [-0.15, -0.1) is 11.3 Å². The quantitative estimate of drug-likeness (QED) is 0.896. The summed E-state index contributed by atoms with van der Waals surface area (Å²) in [5, 5.41) is 6.95. The summed E-state index contributed by atoms with van der Waals surface area (Å²) in [6.07, 6.45) is 6.60. The molecule has 2 rings (SSSR count). The van der Waals surface area contributed by atoms with E-state index in [0.717, 1.165) is 12.3 Å². The average molecular weight is 266 g/mol. The minimum Gasteiger partial charge on any atom is -0.316 e. The zero-order chi connectivity index (χ0) is 13.2. The summed E-state index contributed by atoms with van der Waals surface area (Å²) in [7, 11) is 2.11. The lowest BCUT2D eigenvalue weighted by atomic mass is 9.65. The first-order valence-corrected chi connectivity index (χ1v) is 7.99. The highest BCUT2D eigenvalue weighted by atomic mass is 32.1. The van der Waals surface area contributed by atoms with Crippen molar-refractivity contribution in [2.45, 2.75) is 58.9 Å². The molecule has 1 aliphatic carbocycles. The molecule has 102 valence electrons. The Morgan fingerprint density at radius 3 is 2.83 bits per heavy atom. The number of nitrogens with one attached hydrogen (secondary N) is 1. The van der Waals surface area contributed by atoms with Crippen LogP contribution in [0.4, 0.5) is 0 Å². The zero-order valence-electron chi connectivity index (χ0n) is 12.1. The Hall–Kier alpha value is -0.410. The second kappa shape index (κ2) is 5.70. The Morgan fingerprint density at radius 2 is 2.28 bits per heavy atom. The first-order chi connectivity index (χ1) is 8.53. The number of thiazole rings is 1. The number of aromatic nitrogens is 1. The van der Waals surface area contributed by atoms with Crippen molar-refractivity contribution >= 4 is 11.3 Å². The van der Waals surface area contributed by atoms with E-state index < -0.39 is 0 Å². The third kappa shape index (κ3) is 3.12. The summed E-state index contributed by atoms with van der Waals surface area (Å²) in [6.45, 7) is 6.97. The lowest BCUT2D eigenvalue weighted by molar-refractivity contribution is 0.101. The van der Waals surface area contributed by atoms with E-state index in [1.165, 1.54) is 36.4 Å². The Labute approximate surface area is 115 Å². The van der Waals surface area contributed by atoms with E-state index >= 15 is 0 Å². The Bertz CT molecular complexity index is 384. The normalized spacial score (nSPS) is 25.0. The lowest BCUT2D eigenvalue weighted by Gasteiger charge is -2.43. The third-order valence-electron chi connectivity index (χ3n) is 4.54. The smallest absolute Gasteiger partial charge is 0.0897 e. The number of nitrogens with zero attached hydrogens (tertiary/aromatic N) is 1. The predicted molar refractivity (Wildman–Crippen MR) is 79.1 cm³/mol. The van der Waals surface area contributed by atoms with Gasteiger partial charge in [0.2, 0.25) is 0 Å². The van der Waals surface area contributed by atoms with Gasteiger partial charge in [-0.25, -0.2) is 4.98 Å². The molecule has 1 heterocycles. The molecule has 1 aromatic heterocycles. The number of hydrogen-bond acceptors (Lipinski definition) is 3. The topological polar surface area (TPSA) is 24.9 Å². The molecule has 2 atom stereocenters. The van der Waals surface area contributed by atoms with Crippen molar-refractivity contribution < 1.29 is 0 Å². The summed E-state index contributed by atoms with van der Waals surface area (Å²) in [6, 6.07) is 0.571. The summed E-state index contributed by atoms with van der Waals surface area (Å²) in [4.78, 5) is 4.62. The van der Waals surface area contributed by atoms with Crippen molar-refractivity contribution in [1.29, 1.82) is 0 Å². The maximum Gasteiger partial charge on any atom is 0.0897 e. The van der Waals surface area contributed by atoms with Gasteiger partial charge in [0.25, 0.3) is 0 Å². The highest BCUT2D eigenvalue weighted by Crippen LogP contribution is 2.42. The maximum absolute atomic E-state index is 4.62. The largest absolute Gasteiger partial charge is 0.316 e. The molecular weight excluding hydrogens is 240 g/mol. The van der Waals surface area contributed by atoms with Gasteiger partial charge >= 0.3 is 0 Å². The van der Waals surface area contributed by atoms with Crippen molar-refractivity contribution in [1.82, 2.24) is 10.3 Å². The fourth-order valence-corrected chi connectivity index (χ4v) is 4.07. The van der Waals surface area contributed by atoms with Gasteiger partial charge in [0, 0.05) is 17.8 Å². The molecule has 0 aliphatic heterocycles. The molecule has 0 saturated heterocycles. The van der Waals surface area contributed by atoms with Crippen molar-refractivity contribution in [2.24, 2.45) is 11.3 Å². The fourth-order valence-electron chi connectivity index (χ4n) is 3.44. The Kier molecular flexibility index (Phi) is 4.44. The molecule has 1 N–H and O–H groups in total. The molecule has 0 aromatic carbocycles. The van der Waals surface area contributed by atoms with Crippen molar-refractivity contribution in [3.05, 3.63) is 16.1 Å². The van der Waals surface area contributed by atoms with Crippen LogP contribution >= 0.6 is 11.3 Å². The van der Waals surface area contributed by atoms with Gasteiger partial charge in [0.1, 0.15) is 0 Å². The molecule has 0 bridgehead atoms. The van der Waals surface area contributed by atoms with Crippen LogP contribution in [-0.2, 0) is 6.42 Å². The van der Waals surface area contributed by atoms with Gasteiger partial charge in [-0.3, -0.25) is 0 Å². The van der Waals surface area contributed by atoms with Crippen LogP contribution in [0.15, 0.2) is 5.38 Å². The van der Waals surface area contributed by atoms with Crippen LogP contribution in [-0.4, -0.2) is 18.1 Å². The van der Waals surface area contributed by atoms with Gasteiger partial charge in [0.05, 0.1) is 10.7 Å². The third-order valence-corrected chi connectivity index (χ3v) is 5.36. The summed E-state index contributed by atoms with van der Waals surface area (Å²) in [5.74, 6) is 0.776. The molecule has 1 fully saturated rings. The zero-order valence-corrected chi connectivity index (χ0v) is 12.9. The molecular formula is C15H26N2S. The van der Waals surface area contributed by atoms with Crippen LogP contribution in [0.1, 0.15) is 50.2 Å². The molecule has 0 amide bonds. The number of rotatable bonds is 4. The van der Waals surface area contributed by atoms with Gasteiger partial charge in [-0.2, -0.15) is 0 Å². The van der Waals surface area contributed by atoms with Gasteiger partial charge < -0.3 is 5.32 Å². The molecule has 3 heteroatoms.